The molecule has 1 aromatic carbocycles. The Balaban J connectivity index is 2.10. The maximum atomic E-state index is 12.2. The topological polar surface area (TPSA) is 60.7 Å². The predicted molar refractivity (Wildman–Crippen MR) is 66.2 cm³/mol. The standard InChI is InChI=1S/C13H10N4O/c1-17-7-6-14-13(17)12(18)11-8-15-9-4-2-3-5-10(9)16-11/h2-8H,1H3. The third kappa shape index (κ3) is 1.66. The lowest BCUT2D eigenvalue weighted by Gasteiger charge is -2.01. The smallest absolute Gasteiger partial charge is 0.248 e. The number of rotatable bonds is 2. The molecular weight excluding hydrogens is 228 g/mol. The van der Waals surface area contributed by atoms with Crippen LogP contribution in [-0.4, -0.2) is 25.3 Å². The first kappa shape index (κ1) is 10.6. The summed E-state index contributed by atoms with van der Waals surface area (Å²) in [5.41, 5.74) is 1.79. The summed E-state index contributed by atoms with van der Waals surface area (Å²) in [6.07, 6.45) is 4.79. The molecule has 2 heterocycles. The van der Waals surface area contributed by atoms with Crippen LogP contribution in [0.4, 0.5) is 0 Å². The normalized spacial score (nSPS) is 10.7. The fraction of sp³-hybridized carbons (Fsp3) is 0.0769. The molecular formula is C13H10N4O. The molecule has 3 aromatic rings. The van der Waals surface area contributed by atoms with Crippen molar-refractivity contribution in [3.8, 4) is 0 Å². The van der Waals surface area contributed by atoms with Crippen LogP contribution in [0, 0.1) is 0 Å². The third-order valence-electron chi connectivity index (χ3n) is 2.71. The number of aryl methyl sites for hydroxylation is 1. The fourth-order valence-corrected chi connectivity index (χ4v) is 1.77. The first-order valence-corrected chi connectivity index (χ1v) is 5.49. The summed E-state index contributed by atoms with van der Waals surface area (Å²) in [6, 6.07) is 7.44. The molecule has 0 atom stereocenters. The quantitative estimate of drug-likeness (QED) is 0.636. The van der Waals surface area contributed by atoms with Crippen LogP contribution in [0.15, 0.2) is 42.9 Å². The molecule has 5 heteroatoms. The van der Waals surface area contributed by atoms with E-state index in [1.54, 1.807) is 24.0 Å². The van der Waals surface area contributed by atoms with E-state index in [0.29, 0.717) is 17.0 Å². The van der Waals surface area contributed by atoms with Gasteiger partial charge in [0.05, 0.1) is 17.2 Å². The van der Waals surface area contributed by atoms with Crippen LogP contribution in [0.3, 0.4) is 0 Å². The minimum Gasteiger partial charge on any atom is -0.331 e. The van der Waals surface area contributed by atoms with E-state index >= 15 is 0 Å². The number of fused-ring (bicyclic) bond motifs is 1. The van der Waals surface area contributed by atoms with Crippen molar-refractivity contribution >= 4 is 16.8 Å². The number of ketones is 1. The molecule has 0 saturated heterocycles. The third-order valence-corrected chi connectivity index (χ3v) is 2.71. The number of hydrogen-bond donors (Lipinski definition) is 0. The van der Waals surface area contributed by atoms with Gasteiger partial charge in [0.15, 0.2) is 5.82 Å². The molecule has 0 N–H and O–H groups in total. The molecule has 0 radical (unpaired) electrons. The lowest BCUT2D eigenvalue weighted by molar-refractivity contribution is 0.102. The van der Waals surface area contributed by atoms with E-state index in [4.69, 9.17) is 0 Å². The lowest BCUT2D eigenvalue weighted by Crippen LogP contribution is -2.10. The highest BCUT2D eigenvalue weighted by Gasteiger charge is 2.15. The Bertz CT molecular complexity index is 732. The monoisotopic (exact) mass is 238 g/mol. The Morgan fingerprint density at radius 3 is 2.67 bits per heavy atom. The number of para-hydroxylation sites is 2. The number of imidazole rings is 1. The first-order valence-electron chi connectivity index (χ1n) is 5.49. The van der Waals surface area contributed by atoms with Crippen molar-refractivity contribution < 1.29 is 4.79 Å². The average molecular weight is 238 g/mol. The first-order chi connectivity index (χ1) is 8.75. The average Bonchev–Trinajstić information content (AvgIpc) is 2.83. The number of hydrogen-bond acceptors (Lipinski definition) is 4. The second kappa shape index (κ2) is 4.03. The van der Waals surface area contributed by atoms with Crippen LogP contribution in [0.25, 0.3) is 11.0 Å². The van der Waals surface area contributed by atoms with Gasteiger partial charge in [-0.1, -0.05) is 12.1 Å². The number of carbonyl (C=O) groups is 1. The Kier molecular flexibility index (Phi) is 2.37. The molecule has 0 aliphatic heterocycles. The molecule has 0 bridgehead atoms. The van der Waals surface area contributed by atoms with Gasteiger partial charge in [-0.2, -0.15) is 0 Å². The van der Waals surface area contributed by atoms with Crippen LogP contribution in [0.2, 0.25) is 0 Å². The molecule has 0 amide bonds. The second-order valence-corrected chi connectivity index (χ2v) is 3.93. The van der Waals surface area contributed by atoms with E-state index in [1.807, 2.05) is 24.3 Å². The summed E-state index contributed by atoms with van der Waals surface area (Å²) in [7, 11) is 1.77. The van der Waals surface area contributed by atoms with Gasteiger partial charge in [-0.15, -0.1) is 0 Å². The summed E-state index contributed by atoms with van der Waals surface area (Å²) < 4.78 is 1.67. The van der Waals surface area contributed by atoms with Crippen LogP contribution in [0.1, 0.15) is 16.3 Å². The molecule has 0 saturated carbocycles. The molecule has 18 heavy (non-hydrogen) atoms. The van der Waals surface area contributed by atoms with Gasteiger partial charge in [-0.25, -0.2) is 9.97 Å². The van der Waals surface area contributed by atoms with E-state index in [9.17, 15) is 4.79 Å². The zero-order valence-electron chi connectivity index (χ0n) is 9.74. The van der Waals surface area contributed by atoms with Crippen molar-refractivity contribution in [1.29, 1.82) is 0 Å². The summed E-state index contributed by atoms with van der Waals surface area (Å²) in [4.78, 5) is 24.7. The highest BCUT2D eigenvalue weighted by atomic mass is 16.1. The minimum atomic E-state index is -0.222. The molecule has 0 unspecified atom stereocenters. The van der Waals surface area contributed by atoms with Crippen LogP contribution >= 0.6 is 0 Å². The van der Waals surface area contributed by atoms with Crippen molar-refractivity contribution in [3.05, 3.63) is 54.4 Å². The van der Waals surface area contributed by atoms with E-state index in [-0.39, 0.29) is 5.78 Å². The molecule has 0 aliphatic carbocycles. The van der Waals surface area contributed by atoms with Gasteiger partial charge >= 0.3 is 0 Å². The Morgan fingerprint density at radius 2 is 1.94 bits per heavy atom. The van der Waals surface area contributed by atoms with Gasteiger partial charge in [0.2, 0.25) is 5.78 Å². The molecule has 5 nitrogen and oxygen atoms in total. The number of benzene rings is 1. The Morgan fingerprint density at radius 1 is 1.17 bits per heavy atom. The molecule has 88 valence electrons. The number of carbonyl (C=O) groups excluding carboxylic acids is 1. The molecule has 0 fully saturated rings. The lowest BCUT2D eigenvalue weighted by atomic mass is 10.2. The molecule has 0 aliphatic rings. The number of nitrogens with zero attached hydrogens (tertiary/aromatic N) is 4. The van der Waals surface area contributed by atoms with Crippen molar-refractivity contribution in [3.63, 3.8) is 0 Å². The molecule has 0 spiro atoms. The summed E-state index contributed by atoms with van der Waals surface area (Å²) >= 11 is 0. The SMILES string of the molecule is Cn1ccnc1C(=O)c1cnc2ccccc2n1. The minimum absolute atomic E-state index is 0.222. The van der Waals surface area contributed by atoms with E-state index < -0.39 is 0 Å². The molecule has 2 aromatic heterocycles. The van der Waals surface area contributed by atoms with Crippen LogP contribution in [-0.2, 0) is 7.05 Å². The van der Waals surface area contributed by atoms with Crippen molar-refractivity contribution in [2.24, 2.45) is 7.05 Å². The predicted octanol–water partition coefficient (Wildman–Crippen LogP) is 1.59. The van der Waals surface area contributed by atoms with E-state index in [0.717, 1.165) is 5.52 Å². The van der Waals surface area contributed by atoms with Gasteiger partial charge < -0.3 is 4.57 Å². The highest BCUT2D eigenvalue weighted by molar-refractivity contribution is 6.05. The van der Waals surface area contributed by atoms with E-state index in [1.165, 1.54) is 6.20 Å². The zero-order valence-corrected chi connectivity index (χ0v) is 9.74. The van der Waals surface area contributed by atoms with Crippen molar-refractivity contribution in [2.75, 3.05) is 0 Å². The van der Waals surface area contributed by atoms with Crippen molar-refractivity contribution in [1.82, 2.24) is 19.5 Å². The Labute approximate surface area is 103 Å². The van der Waals surface area contributed by atoms with Crippen molar-refractivity contribution in [2.45, 2.75) is 0 Å². The number of aromatic nitrogens is 4. The van der Waals surface area contributed by atoms with Crippen LogP contribution < -0.4 is 0 Å². The fourth-order valence-electron chi connectivity index (χ4n) is 1.77. The molecule has 3 rings (SSSR count). The summed E-state index contributed by atoms with van der Waals surface area (Å²) in [6.45, 7) is 0. The zero-order chi connectivity index (χ0) is 12.5. The highest BCUT2D eigenvalue weighted by Crippen LogP contribution is 2.11. The summed E-state index contributed by atoms with van der Waals surface area (Å²) in [5.74, 6) is 0.139. The Hall–Kier alpha value is -2.56. The van der Waals surface area contributed by atoms with Gasteiger partial charge in [0.1, 0.15) is 5.69 Å². The maximum Gasteiger partial charge on any atom is 0.248 e. The van der Waals surface area contributed by atoms with Gasteiger partial charge in [0.25, 0.3) is 0 Å². The van der Waals surface area contributed by atoms with E-state index in [2.05, 4.69) is 15.0 Å². The van der Waals surface area contributed by atoms with Gasteiger partial charge in [0, 0.05) is 19.4 Å². The largest absolute Gasteiger partial charge is 0.331 e. The summed E-state index contributed by atoms with van der Waals surface area (Å²) in [5, 5.41) is 0. The second-order valence-electron chi connectivity index (χ2n) is 3.93. The van der Waals surface area contributed by atoms with Crippen LogP contribution in [0.5, 0.6) is 0 Å². The van der Waals surface area contributed by atoms with Gasteiger partial charge in [-0.05, 0) is 12.1 Å². The maximum absolute atomic E-state index is 12.2. The van der Waals surface area contributed by atoms with Gasteiger partial charge in [-0.3, -0.25) is 9.78 Å².